The summed E-state index contributed by atoms with van der Waals surface area (Å²) in [4.78, 5) is 21.7. The molecule has 4 heteroatoms. The van der Waals surface area contributed by atoms with Crippen LogP contribution in [0.3, 0.4) is 0 Å². The van der Waals surface area contributed by atoms with Crippen LogP contribution < -0.4 is 51.4 Å². The van der Waals surface area contributed by atoms with Crippen LogP contribution in [0.5, 0.6) is 0 Å². The summed E-state index contributed by atoms with van der Waals surface area (Å²) in [5.41, 5.74) is 1.26. The van der Waals surface area contributed by atoms with E-state index in [1.54, 1.807) is 18.2 Å². The molecule has 30 heavy (non-hydrogen) atoms. The van der Waals surface area contributed by atoms with E-state index in [0.717, 1.165) is 5.92 Å². The molecule has 0 N–H and O–H groups in total. The van der Waals surface area contributed by atoms with Crippen molar-refractivity contribution in [3.8, 4) is 0 Å². The minimum Gasteiger partial charge on any atom is -0.463 e. The maximum atomic E-state index is 11.2. The van der Waals surface area contributed by atoms with Crippen LogP contribution in [0.1, 0.15) is 118 Å². The molecule has 174 valence electrons. The summed E-state index contributed by atoms with van der Waals surface area (Å²) < 4.78 is 4.81. The monoisotopic (exact) mass is 449 g/mol. The number of ether oxygens (including phenoxy) is 1. The van der Waals surface area contributed by atoms with Gasteiger partial charge in [0.25, 0.3) is 0 Å². The number of ketones is 1. The van der Waals surface area contributed by atoms with Gasteiger partial charge in [0.2, 0.25) is 0 Å². The fraction of sp³-hybridized carbons (Fsp3) is 0.654. The number of benzene rings is 1. The van der Waals surface area contributed by atoms with Crippen molar-refractivity contribution in [3.05, 3.63) is 42.8 Å². The van der Waals surface area contributed by atoms with Crippen LogP contribution in [0.2, 0.25) is 0 Å². The van der Waals surface area contributed by atoms with Crippen LogP contribution >= 0.6 is 0 Å². The van der Waals surface area contributed by atoms with E-state index in [2.05, 4.69) is 26.8 Å². The average Bonchev–Trinajstić information content (AvgIpc) is 2.75. The topological polar surface area (TPSA) is 43.4 Å². The largest absolute Gasteiger partial charge is 1.00 e. The zero-order valence-electron chi connectivity index (χ0n) is 22.6. The first-order valence-electron chi connectivity index (χ1n) is 11.1. The van der Waals surface area contributed by atoms with Gasteiger partial charge >= 0.3 is 57.4 Å². The van der Waals surface area contributed by atoms with E-state index >= 15 is 0 Å². The normalized spacial score (nSPS) is 8.77. The quantitative estimate of drug-likeness (QED) is 0.239. The molecule has 0 radical (unpaired) electrons. The molecule has 0 amide bonds. The molecule has 0 saturated carbocycles. The number of hydrogen-bond acceptors (Lipinski definition) is 3. The van der Waals surface area contributed by atoms with Crippen molar-refractivity contribution in [2.24, 2.45) is 5.92 Å². The molecule has 0 aliphatic rings. The minimum absolute atomic E-state index is 0. The van der Waals surface area contributed by atoms with Gasteiger partial charge in [0.15, 0.2) is 0 Å². The smallest absolute Gasteiger partial charge is 0.463 e. The Bertz CT molecular complexity index is 459. The second-order valence-corrected chi connectivity index (χ2v) is 5.58. The number of carbonyl (C=O) groups excluding carboxylic acids is 2. The molecule has 1 aromatic rings. The maximum absolute atomic E-state index is 11.2. The van der Waals surface area contributed by atoms with Crippen LogP contribution in [-0.4, -0.2) is 11.8 Å². The number of unbranched alkanes of at least 4 members (excludes halogenated alkanes) is 1. The van der Waals surface area contributed by atoms with Crippen molar-refractivity contribution >= 4 is 11.8 Å². The number of Topliss-reactive ketones (excluding diaryl/α,β-unsaturated/α-hetero) is 1. The van der Waals surface area contributed by atoms with Crippen molar-refractivity contribution in [1.82, 2.24) is 0 Å². The number of carbonyl (C=O) groups is 2. The molecule has 0 aromatic heterocycles. The fourth-order valence-electron chi connectivity index (χ4n) is 1.85. The summed E-state index contributed by atoms with van der Waals surface area (Å²) in [6, 6.07) is 7.82. The first-order valence-corrected chi connectivity index (χ1v) is 11.1. The predicted molar refractivity (Wildman–Crippen MR) is 130 cm³/mol. The average molecular weight is 450 g/mol. The molecular weight excluding hydrogens is 399 g/mol. The van der Waals surface area contributed by atoms with Crippen LogP contribution in [0.4, 0.5) is 0 Å². The van der Waals surface area contributed by atoms with Gasteiger partial charge in [-0.05, 0) is 12.8 Å². The van der Waals surface area contributed by atoms with Crippen LogP contribution in [-0.2, 0) is 16.1 Å². The van der Waals surface area contributed by atoms with E-state index in [1.807, 2.05) is 41.5 Å². The molecule has 0 bridgehead atoms. The molecule has 1 atom stereocenters. The molecule has 0 aliphatic heterocycles. The first-order chi connectivity index (χ1) is 13.4. The van der Waals surface area contributed by atoms with Gasteiger partial charge in [-0.3, -0.25) is 4.79 Å². The zero-order chi connectivity index (χ0) is 23.0. The summed E-state index contributed by atoms with van der Waals surface area (Å²) >= 11 is 0. The van der Waals surface area contributed by atoms with Gasteiger partial charge in [-0.2, -0.15) is 24.3 Å². The summed E-state index contributed by atoms with van der Waals surface area (Å²) in [6.45, 7) is 21.8. The van der Waals surface area contributed by atoms with E-state index in [-0.39, 0.29) is 77.2 Å². The Balaban J connectivity index is -0.0000000780. The van der Waals surface area contributed by atoms with Crippen molar-refractivity contribution in [1.29, 1.82) is 0 Å². The Morgan fingerprint density at radius 1 is 1.03 bits per heavy atom. The molecule has 0 heterocycles. The van der Waals surface area contributed by atoms with Gasteiger partial charge in [0.1, 0.15) is 5.78 Å². The van der Waals surface area contributed by atoms with Gasteiger partial charge < -0.3 is 17.0 Å². The molecule has 0 fully saturated rings. The molecule has 0 aliphatic carbocycles. The second kappa shape index (κ2) is 36.4. The minimum atomic E-state index is -0.354. The third-order valence-electron chi connectivity index (χ3n) is 3.51. The molecule has 3 nitrogen and oxygen atoms in total. The number of hydrogen-bond donors (Lipinski definition) is 0. The summed E-state index contributed by atoms with van der Waals surface area (Å²) in [6.07, 6.45) is 5.53. The van der Waals surface area contributed by atoms with Gasteiger partial charge in [0.05, 0.1) is 6.61 Å². The Hall–Kier alpha value is -0.00364. The molecule has 1 aromatic carbocycles. The van der Waals surface area contributed by atoms with Crippen LogP contribution in [0.25, 0.3) is 0 Å². The van der Waals surface area contributed by atoms with Crippen molar-refractivity contribution in [2.45, 2.75) is 108 Å². The van der Waals surface area contributed by atoms with E-state index in [1.165, 1.54) is 39.5 Å². The molecular formula is C26H50KO3-. The zero-order valence-corrected chi connectivity index (χ0v) is 25.7. The number of esters is 1. The third-order valence-corrected chi connectivity index (χ3v) is 3.51. The fourth-order valence-corrected chi connectivity index (χ4v) is 1.85. The summed E-state index contributed by atoms with van der Waals surface area (Å²) in [5.74, 6) is 0.547. The maximum Gasteiger partial charge on any atom is 1.00 e. The van der Waals surface area contributed by atoms with Gasteiger partial charge in [-0.25, -0.2) is 0 Å². The van der Waals surface area contributed by atoms with E-state index in [9.17, 15) is 9.59 Å². The molecule has 0 spiro atoms. The molecule has 0 saturated heterocycles. The predicted octanol–water partition coefficient (Wildman–Crippen LogP) is 5.51. The molecule has 1 unspecified atom stereocenters. The van der Waals surface area contributed by atoms with Crippen LogP contribution in [0, 0.1) is 19.4 Å². The van der Waals surface area contributed by atoms with Crippen molar-refractivity contribution < 1.29 is 65.7 Å². The van der Waals surface area contributed by atoms with Gasteiger partial charge in [-0.15, -0.1) is 5.56 Å². The van der Waals surface area contributed by atoms with Crippen molar-refractivity contribution in [3.63, 3.8) is 0 Å². The summed E-state index contributed by atoms with van der Waals surface area (Å²) in [5, 5.41) is 0. The van der Waals surface area contributed by atoms with Crippen LogP contribution in [0.15, 0.2) is 18.2 Å². The van der Waals surface area contributed by atoms with Crippen molar-refractivity contribution in [2.75, 3.05) is 0 Å². The van der Waals surface area contributed by atoms with E-state index in [4.69, 9.17) is 4.74 Å². The van der Waals surface area contributed by atoms with Gasteiger partial charge in [-0.1, -0.05) is 93.6 Å². The van der Waals surface area contributed by atoms with E-state index in [0.29, 0.717) is 11.1 Å². The standard InChI is InChI=1S/C11H11O3.C8H18.3C2H6.CH3.K/c1-8(12)11-6-4-3-5-10(11)7-14-9(2)13;1-4-6-7-8(3)5-2;3*1-2;;/h3,5-6H,7H2,1-2H3;8H,4-7H2,1-3H3;3*1-2H3;1H3;/q-1;;;;;-1;+1. The Labute approximate surface area is 232 Å². The second-order valence-electron chi connectivity index (χ2n) is 5.58. The SMILES string of the molecule is CC.CC.CC.CC(=O)OCc1cc[c-]cc1C(C)=O.CCCCC(C)CC.[CH3-].[K+]. The third kappa shape index (κ3) is 30.2. The summed E-state index contributed by atoms with van der Waals surface area (Å²) in [7, 11) is 0. The first kappa shape index (κ1) is 43.8. The van der Waals surface area contributed by atoms with Gasteiger partial charge in [0, 0.05) is 6.92 Å². The Morgan fingerprint density at radius 2 is 1.53 bits per heavy atom. The number of rotatable bonds is 7. The van der Waals surface area contributed by atoms with E-state index < -0.39 is 0 Å². The Morgan fingerprint density at radius 3 is 1.90 bits per heavy atom. The Kier molecular flexibility index (Phi) is 53.1. The molecule has 1 rings (SSSR count).